The van der Waals surface area contributed by atoms with E-state index in [9.17, 15) is 14.0 Å². The monoisotopic (exact) mass is 364 g/mol. The van der Waals surface area contributed by atoms with Crippen molar-refractivity contribution in [3.8, 4) is 0 Å². The van der Waals surface area contributed by atoms with E-state index in [1.54, 1.807) is 6.07 Å². The van der Waals surface area contributed by atoms with Crippen LogP contribution in [0.25, 0.3) is 0 Å². The van der Waals surface area contributed by atoms with Crippen molar-refractivity contribution in [1.29, 1.82) is 0 Å². The van der Waals surface area contributed by atoms with Gasteiger partial charge in [-0.1, -0.05) is 24.3 Å². The number of hydrogen-bond acceptors (Lipinski definition) is 2. The molecule has 2 amide bonds. The summed E-state index contributed by atoms with van der Waals surface area (Å²) in [7, 11) is 0. The minimum atomic E-state index is -0.217. The number of hydrogen-bond donors (Lipinski definition) is 1. The number of nitrogens with zero attached hydrogens (tertiary/aromatic N) is 1. The molecule has 27 heavy (non-hydrogen) atoms. The smallest absolute Gasteiger partial charge is 0.255 e. The molecule has 138 valence electrons. The molecule has 3 aliphatic rings. The lowest BCUT2D eigenvalue weighted by molar-refractivity contribution is 0.0568. The van der Waals surface area contributed by atoms with E-state index in [4.69, 9.17) is 0 Å². The molecule has 2 bridgehead atoms. The Bertz CT molecular complexity index is 910. The van der Waals surface area contributed by atoms with Crippen LogP contribution < -0.4 is 5.32 Å². The molecule has 5 heteroatoms. The van der Waals surface area contributed by atoms with Gasteiger partial charge in [0.15, 0.2) is 0 Å². The average Bonchev–Trinajstić information content (AvgIpc) is 3.18. The van der Waals surface area contributed by atoms with Crippen LogP contribution in [0.5, 0.6) is 0 Å². The lowest BCUT2D eigenvalue weighted by Crippen LogP contribution is -2.46. The number of nitrogens with one attached hydrogen (secondary N) is 1. The molecule has 0 saturated carbocycles. The quantitative estimate of drug-likeness (QED) is 0.885. The van der Waals surface area contributed by atoms with Gasteiger partial charge in [0.05, 0.1) is 11.1 Å². The van der Waals surface area contributed by atoms with Crippen molar-refractivity contribution in [2.45, 2.75) is 50.2 Å². The lowest BCUT2D eigenvalue weighted by atomic mass is 9.84. The summed E-state index contributed by atoms with van der Waals surface area (Å²) < 4.78 is 13.2. The number of carbonyl (C=O) groups is 2. The second-order valence-electron chi connectivity index (χ2n) is 7.84. The molecule has 3 atom stereocenters. The zero-order valence-corrected chi connectivity index (χ0v) is 15.0. The second kappa shape index (κ2) is 6.19. The largest absolute Gasteiger partial charge is 0.348 e. The molecule has 1 N–H and O–H groups in total. The van der Waals surface area contributed by atoms with Gasteiger partial charge >= 0.3 is 0 Å². The van der Waals surface area contributed by atoms with E-state index >= 15 is 0 Å². The molecule has 0 radical (unpaired) electrons. The van der Waals surface area contributed by atoms with Gasteiger partial charge in [0.2, 0.25) is 0 Å². The van der Waals surface area contributed by atoms with Gasteiger partial charge in [-0.2, -0.15) is 0 Å². The molecule has 3 heterocycles. The highest BCUT2D eigenvalue weighted by molar-refractivity contribution is 6.09. The van der Waals surface area contributed by atoms with E-state index in [1.807, 2.05) is 29.2 Å². The van der Waals surface area contributed by atoms with Crippen LogP contribution >= 0.6 is 0 Å². The van der Waals surface area contributed by atoms with Crippen molar-refractivity contribution in [1.82, 2.24) is 10.2 Å². The first-order valence-corrected chi connectivity index (χ1v) is 9.60. The minimum absolute atomic E-state index is 0.0195. The minimum Gasteiger partial charge on any atom is -0.348 e. The Kier molecular flexibility index (Phi) is 3.78. The fraction of sp³-hybridized carbons (Fsp3) is 0.364. The van der Waals surface area contributed by atoms with Crippen molar-refractivity contribution in [2.24, 2.45) is 0 Å². The topological polar surface area (TPSA) is 49.4 Å². The Morgan fingerprint density at radius 3 is 2.44 bits per heavy atom. The van der Waals surface area contributed by atoms with E-state index in [2.05, 4.69) is 5.32 Å². The maximum atomic E-state index is 13.4. The number of amides is 2. The first kappa shape index (κ1) is 16.5. The first-order chi connectivity index (χ1) is 13.1. The number of rotatable bonds is 2. The average molecular weight is 364 g/mol. The maximum absolute atomic E-state index is 13.4. The highest BCUT2D eigenvalue weighted by atomic mass is 19.1. The van der Waals surface area contributed by atoms with Gasteiger partial charge < -0.3 is 10.2 Å². The van der Waals surface area contributed by atoms with Crippen molar-refractivity contribution >= 4 is 11.8 Å². The third-order valence-electron chi connectivity index (χ3n) is 6.36. The van der Waals surface area contributed by atoms with Gasteiger partial charge in [-0.15, -0.1) is 0 Å². The summed E-state index contributed by atoms with van der Waals surface area (Å²) in [5, 5.41) is 2.81. The Morgan fingerprint density at radius 1 is 1.04 bits per heavy atom. The van der Waals surface area contributed by atoms with Crippen molar-refractivity contribution in [3.63, 3.8) is 0 Å². The van der Waals surface area contributed by atoms with Gasteiger partial charge in [-0.05, 0) is 60.9 Å². The SMILES string of the molecule is O=C1NCc2cccc(C(=O)N3[C@@H]4CC[C@H]3C[C@@H](c3ccc(F)cc3)C4)c21. The second-order valence-corrected chi connectivity index (χ2v) is 7.84. The van der Waals surface area contributed by atoms with Crippen molar-refractivity contribution in [3.05, 3.63) is 70.5 Å². The van der Waals surface area contributed by atoms with Gasteiger partial charge in [0.25, 0.3) is 11.8 Å². The lowest BCUT2D eigenvalue weighted by Gasteiger charge is -2.39. The summed E-state index contributed by atoms with van der Waals surface area (Å²) >= 11 is 0. The van der Waals surface area contributed by atoms with Crippen LogP contribution in [0, 0.1) is 5.82 Å². The molecule has 2 saturated heterocycles. The van der Waals surface area contributed by atoms with E-state index in [-0.39, 0.29) is 29.7 Å². The first-order valence-electron chi connectivity index (χ1n) is 9.60. The highest BCUT2D eigenvalue weighted by Gasteiger charge is 2.44. The summed E-state index contributed by atoms with van der Waals surface area (Å²) in [6.07, 6.45) is 3.79. The zero-order valence-electron chi connectivity index (χ0n) is 15.0. The molecule has 5 rings (SSSR count). The molecule has 0 spiro atoms. The predicted molar refractivity (Wildman–Crippen MR) is 99.0 cm³/mol. The fourth-order valence-corrected chi connectivity index (χ4v) is 5.11. The molecule has 3 aliphatic heterocycles. The molecule has 0 aromatic heterocycles. The van der Waals surface area contributed by atoms with Crippen LogP contribution in [0.4, 0.5) is 4.39 Å². The predicted octanol–water partition coefficient (Wildman–Crippen LogP) is 3.62. The van der Waals surface area contributed by atoms with Crippen LogP contribution in [0.1, 0.15) is 63.4 Å². The Morgan fingerprint density at radius 2 is 1.74 bits per heavy atom. The molecule has 4 nitrogen and oxygen atoms in total. The van der Waals surface area contributed by atoms with Crippen LogP contribution in [0.2, 0.25) is 0 Å². The van der Waals surface area contributed by atoms with E-state index in [1.165, 1.54) is 12.1 Å². The van der Waals surface area contributed by atoms with Crippen LogP contribution in [0.15, 0.2) is 42.5 Å². The molecule has 2 fully saturated rings. The van der Waals surface area contributed by atoms with Crippen molar-refractivity contribution in [2.75, 3.05) is 0 Å². The fourth-order valence-electron chi connectivity index (χ4n) is 5.11. The van der Waals surface area contributed by atoms with E-state index in [0.29, 0.717) is 23.6 Å². The summed E-state index contributed by atoms with van der Waals surface area (Å²) in [5.41, 5.74) is 3.13. The number of halogens is 1. The van der Waals surface area contributed by atoms with E-state index < -0.39 is 0 Å². The van der Waals surface area contributed by atoms with E-state index in [0.717, 1.165) is 36.8 Å². The summed E-state index contributed by atoms with van der Waals surface area (Å²) in [6, 6.07) is 12.7. The molecular formula is C22H21FN2O2. The Balaban J connectivity index is 1.42. The summed E-state index contributed by atoms with van der Waals surface area (Å²) in [4.78, 5) is 27.6. The van der Waals surface area contributed by atoms with Gasteiger partial charge in [-0.3, -0.25) is 9.59 Å². The molecule has 0 unspecified atom stereocenters. The number of fused-ring (bicyclic) bond motifs is 3. The summed E-state index contributed by atoms with van der Waals surface area (Å²) in [5.74, 6) is -0.0288. The maximum Gasteiger partial charge on any atom is 0.255 e. The van der Waals surface area contributed by atoms with Gasteiger partial charge in [0, 0.05) is 18.6 Å². The molecular weight excluding hydrogens is 343 g/mol. The third kappa shape index (κ3) is 2.64. The van der Waals surface area contributed by atoms with Crippen molar-refractivity contribution < 1.29 is 14.0 Å². The molecule has 0 aliphatic carbocycles. The van der Waals surface area contributed by atoms with Crippen LogP contribution in [0.3, 0.4) is 0 Å². The van der Waals surface area contributed by atoms with Gasteiger partial charge in [0.1, 0.15) is 5.82 Å². The zero-order chi connectivity index (χ0) is 18.5. The Hall–Kier alpha value is -2.69. The summed E-state index contributed by atoms with van der Waals surface area (Å²) in [6.45, 7) is 0.495. The van der Waals surface area contributed by atoms with Crippen LogP contribution in [-0.2, 0) is 6.54 Å². The highest BCUT2D eigenvalue weighted by Crippen LogP contribution is 2.44. The number of piperidine rings is 1. The number of carbonyl (C=O) groups excluding carboxylic acids is 2. The van der Waals surface area contributed by atoms with Gasteiger partial charge in [-0.25, -0.2) is 4.39 Å². The molecule has 2 aromatic rings. The molecule has 2 aromatic carbocycles. The third-order valence-corrected chi connectivity index (χ3v) is 6.36. The Labute approximate surface area is 157 Å². The standard InChI is InChI=1S/C22H21FN2O2/c23-16-6-4-13(5-7-16)15-10-17-8-9-18(11-15)25(17)22(27)19-3-1-2-14-12-24-21(26)20(14)19/h1-7,15,17-18H,8-12H2,(H,24,26)/t15-,17+,18-. The number of benzene rings is 2. The normalized spacial score (nSPS) is 26.0. The van der Waals surface area contributed by atoms with Crippen LogP contribution in [-0.4, -0.2) is 28.8 Å².